The molecule has 0 aliphatic rings. The second-order valence-electron chi connectivity index (χ2n) is 9.58. The van der Waals surface area contributed by atoms with Crippen LogP contribution in [0.1, 0.15) is 44.1 Å². The van der Waals surface area contributed by atoms with Crippen molar-refractivity contribution in [1.82, 2.24) is 10.2 Å². The molecule has 1 amide bonds. The highest BCUT2D eigenvalue weighted by Crippen LogP contribution is 2.23. The topological polar surface area (TPSA) is 81.0 Å². The Morgan fingerprint density at radius 2 is 1.59 bits per heavy atom. The number of fused-ring (bicyclic) bond motifs is 2. The van der Waals surface area contributed by atoms with E-state index in [1.165, 1.54) is 19.3 Å². The molecule has 7 nitrogen and oxygen atoms in total. The van der Waals surface area contributed by atoms with E-state index in [9.17, 15) is 9.59 Å². The van der Waals surface area contributed by atoms with Crippen LogP contribution < -0.4 is 20.2 Å². The van der Waals surface area contributed by atoms with Gasteiger partial charge in [0.05, 0.1) is 17.4 Å². The van der Waals surface area contributed by atoms with Gasteiger partial charge in [-0.2, -0.15) is 0 Å². The summed E-state index contributed by atoms with van der Waals surface area (Å²) in [5.74, 6) is 1.28. The largest absolute Gasteiger partial charge is 0.493 e. The van der Waals surface area contributed by atoms with E-state index in [1.807, 2.05) is 48.5 Å². The summed E-state index contributed by atoms with van der Waals surface area (Å²) in [4.78, 5) is 26.3. The van der Waals surface area contributed by atoms with Gasteiger partial charge in [-0.15, -0.1) is 12.4 Å². The average Bonchev–Trinajstić information content (AvgIpc) is 2.92. The summed E-state index contributed by atoms with van der Waals surface area (Å²) in [6.45, 7) is 2.49. The van der Waals surface area contributed by atoms with Crippen LogP contribution in [0, 0.1) is 0 Å². The van der Waals surface area contributed by atoms with Crippen molar-refractivity contribution < 1.29 is 18.7 Å². The first-order chi connectivity index (χ1) is 18.5. The highest BCUT2D eigenvalue weighted by atomic mass is 35.5. The molecular formula is C31H37ClN2O5. The molecule has 0 unspecified atom stereocenters. The molecule has 8 heteroatoms. The van der Waals surface area contributed by atoms with Crippen molar-refractivity contribution >= 4 is 40.4 Å². The number of amides is 1. The van der Waals surface area contributed by atoms with Crippen molar-refractivity contribution in [3.63, 3.8) is 0 Å². The van der Waals surface area contributed by atoms with Crippen molar-refractivity contribution in [3.05, 3.63) is 82.5 Å². The third-order valence-electron chi connectivity index (χ3n) is 6.52. The molecule has 0 saturated carbocycles. The van der Waals surface area contributed by atoms with E-state index < -0.39 is 6.09 Å². The number of carbonyl (C=O) groups excluding carboxylic acids is 1. The second kappa shape index (κ2) is 15.1. The quantitative estimate of drug-likeness (QED) is 0.143. The summed E-state index contributed by atoms with van der Waals surface area (Å²) in [5.41, 5.74) is 2.26. The molecule has 0 saturated heterocycles. The van der Waals surface area contributed by atoms with E-state index in [0.717, 1.165) is 43.7 Å². The molecule has 0 atom stereocenters. The molecule has 4 aromatic rings. The minimum atomic E-state index is -0.459. The number of benzene rings is 3. The average molecular weight is 553 g/mol. The summed E-state index contributed by atoms with van der Waals surface area (Å²) in [5, 5.41) is 3.63. The number of carbonyl (C=O) groups is 1. The monoisotopic (exact) mass is 552 g/mol. The van der Waals surface area contributed by atoms with Crippen LogP contribution >= 0.6 is 12.4 Å². The summed E-state index contributed by atoms with van der Waals surface area (Å²) >= 11 is 0. The SMILES string of the molecule is CNC(=O)Oc1cccc(CN(C)CCCCCCCCOc2ccc3c(=O)c4ccccc4oc3c2)c1.Cl. The zero-order valence-electron chi connectivity index (χ0n) is 22.6. The third-order valence-corrected chi connectivity index (χ3v) is 6.52. The number of rotatable bonds is 13. The first kappa shape index (κ1) is 30.0. The Hall–Kier alpha value is -3.55. The lowest BCUT2D eigenvalue weighted by Crippen LogP contribution is -2.22. The van der Waals surface area contributed by atoms with Crippen molar-refractivity contribution in [1.29, 1.82) is 0 Å². The van der Waals surface area contributed by atoms with Crippen LogP contribution in [0.4, 0.5) is 4.79 Å². The third kappa shape index (κ3) is 8.73. The molecule has 208 valence electrons. The molecule has 0 radical (unpaired) electrons. The zero-order chi connectivity index (χ0) is 26.7. The van der Waals surface area contributed by atoms with Crippen LogP contribution in [0.5, 0.6) is 11.5 Å². The van der Waals surface area contributed by atoms with E-state index in [1.54, 1.807) is 25.2 Å². The van der Waals surface area contributed by atoms with Gasteiger partial charge < -0.3 is 24.1 Å². The standard InChI is InChI=1S/C31H36N2O5.ClH/c1-32-31(35)37-25-13-11-12-23(20-25)22-33(2)18-9-5-3-4-6-10-19-36-24-16-17-27-29(21-24)38-28-15-8-7-14-26(28)30(27)34;/h7-8,11-17,20-21H,3-6,9-10,18-19,22H2,1-2H3,(H,32,35);1H. The van der Waals surface area contributed by atoms with Gasteiger partial charge in [0.1, 0.15) is 22.7 Å². The number of nitrogens with one attached hydrogen (secondary N) is 1. The van der Waals surface area contributed by atoms with Gasteiger partial charge in [0.15, 0.2) is 0 Å². The van der Waals surface area contributed by atoms with Gasteiger partial charge in [0.2, 0.25) is 5.43 Å². The molecule has 0 spiro atoms. The van der Waals surface area contributed by atoms with Crippen molar-refractivity contribution in [2.45, 2.75) is 45.1 Å². The van der Waals surface area contributed by atoms with E-state index >= 15 is 0 Å². The highest BCUT2D eigenvalue weighted by Gasteiger charge is 2.08. The fourth-order valence-corrected chi connectivity index (χ4v) is 4.51. The predicted molar refractivity (Wildman–Crippen MR) is 158 cm³/mol. The number of halogens is 1. The lowest BCUT2D eigenvalue weighted by Gasteiger charge is -2.17. The Kier molecular flexibility index (Phi) is 11.6. The Bertz CT molecular complexity index is 1420. The zero-order valence-corrected chi connectivity index (χ0v) is 23.4. The fourth-order valence-electron chi connectivity index (χ4n) is 4.51. The molecule has 0 bridgehead atoms. The Labute approximate surface area is 235 Å². The highest BCUT2D eigenvalue weighted by molar-refractivity contribution is 5.90. The normalized spacial score (nSPS) is 10.9. The maximum absolute atomic E-state index is 12.7. The van der Waals surface area contributed by atoms with Crippen LogP contribution in [0.2, 0.25) is 0 Å². The number of ether oxygens (including phenoxy) is 2. The van der Waals surface area contributed by atoms with E-state index in [2.05, 4.69) is 17.3 Å². The lowest BCUT2D eigenvalue weighted by atomic mass is 10.1. The van der Waals surface area contributed by atoms with Crippen LogP contribution in [0.15, 0.2) is 75.9 Å². The Balaban J connectivity index is 0.00000420. The van der Waals surface area contributed by atoms with Gasteiger partial charge in [-0.25, -0.2) is 4.79 Å². The van der Waals surface area contributed by atoms with E-state index in [-0.39, 0.29) is 17.8 Å². The van der Waals surface area contributed by atoms with E-state index in [4.69, 9.17) is 13.9 Å². The molecule has 3 aromatic carbocycles. The minimum Gasteiger partial charge on any atom is -0.493 e. The second-order valence-corrected chi connectivity index (χ2v) is 9.58. The predicted octanol–water partition coefficient (Wildman–Crippen LogP) is 6.94. The maximum atomic E-state index is 12.7. The molecule has 1 aromatic heterocycles. The Morgan fingerprint density at radius 1 is 0.846 bits per heavy atom. The number of hydrogen-bond acceptors (Lipinski definition) is 6. The van der Waals surface area contributed by atoms with Gasteiger partial charge in [-0.3, -0.25) is 4.79 Å². The summed E-state index contributed by atoms with van der Waals surface area (Å²) in [6.07, 6.45) is 6.40. The van der Waals surface area contributed by atoms with Crippen LogP contribution in [-0.2, 0) is 6.54 Å². The number of hydrogen-bond donors (Lipinski definition) is 1. The molecule has 0 fully saturated rings. The molecule has 0 aliphatic carbocycles. The van der Waals surface area contributed by atoms with Crippen molar-refractivity contribution in [2.24, 2.45) is 0 Å². The number of unbranched alkanes of at least 4 members (excludes halogenated alkanes) is 5. The van der Waals surface area contributed by atoms with Crippen LogP contribution in [-0.4, -0.2) is 38.2 Å². The molecule has 4 rings (SSSR count). The number of para-hydroxylation sites is 1. The summed E-state index contributed by atoms with van der Waals surface area (Å²) in [6, 6.07) is 20.4. The lowest BCUT2D eigenvalue weighted by molar-refractivity contribution is 0.203. The molecular weight excluding hydrogens is 516 g/mol. The van der Waals surface area contributed by atoms with Crippen LogP contribution in [0.25, 0.3) is 21.9 Å². The maximum Gasteiger partial charge on any atom is 0.412 e. The fraction of sp³-hybridized carbons (Fsp3) is 0.355. The smallest absolute Gasteiger partial charge is 0.412 e. The van der Waals surface area contributed by atoms with Gasteiger partial charge in [0, 0.05) is 19.7 Å². The molecule has 1 heterocycles. The van der Waals surface area contributed by atoms with Crippen molar-refractivity contribution in [2.75, 3.05) is 27.2 Å². The van der Waals surface area contributed by atoms with Gasteiger partial charge >= 0.3 is 6.09 Å². The first-order valence-electron chi connectivity index (χ1n) is 13.3. The van der Waals surface area contributed by atoms with Crippen molar-refractivity contribution in [3.8, 4) is 11.5 Å². The van der Waals surface area contributed by atoms with Gasteiger partial charge in [0.25, 0.3) is 0 Å². The van der Waals surface area contributed by atoms with E-state index in [0.29, 0.717) is 34.3 Å². The molecule has 39 heavy (non-hydrogen) atoms. The summed E-state index contributed by atoms with van der Waals surface area (Å²) < 4.78 is 17.0. The first-order valence-corrected chi connectivity index (χ1v) is 13.3. The molecule has 0 aliphatic heterocycles. The minimum absolute atomic E-state index is 0. The van der Waals surface area contributed by atoms with Gasteiger partial charge in [-0.05, 0) is 68.4 Å². The number of nitrogens with zero attached hydrogens (tertiary/aromatic N) is 1. The Morgan fingerprint density at radius 3 is 2.41 bits per heavy atom. The van der Waals surface area contributed by atoms with Gasteiger partial charge in [-0.1, -0.05) is 49.9 Å². The molecule has 1 N–H and O–H groups in total. The van der Waals surface area contributed by atoms with Crippen LogP contribution in [0.3, 0.4) is 0 Å². The summed E-state index contributed by atoms with van der Waals surface area (Å²) in [7, 11) is 3.66.